The summed E-state index contributed by atoms with van der Waals surface area (Å²) in [6, 6.07) is -1.50. The van der Waals surface area contributed by atoms with Crippen LogP contribution in [0.5, 0.6) is 0 Å². The Morgan fingerprint density at radius 1 is 1.05 bits per heavy atom. The van der Waals surface area contributed by atoms with Crippen molar-refractivity contribution < 1.29 is 24.2 Å². The van der Waals surface area contributed by atoms with Gasteiger partial charge in [0.05, 0.1) is 30.6 Å². The molecule has 2 fully saturated rings. The molecule has 0 aromatic rings. The fourth-order valence-electron chi connectivity index (χ4n) is 7.71. The molecule has 0 aromatic heterocycles. The Balaban J connectivity index is 1.86. The Kier molecular flexibility index (Phi) is 8.14. The maximum absolute atomic E-state index is 14.7. The zero-order valence-electron chi connectivity index (χ0n) is 25.1. The van der Waals surface area contributed by atoms with E-state index in [0.717, 1.165) is 19.3 Å². The van der Waals surface area contributed by atoms with Crippen molar-refractivity contribution >= 4 is 17.7 Å². The molecule has 1 spiro atoms. The third-order valence-electron chi connectivity index (χ3n) is 9.21. The second kappa shape index (κ2) is 10.7. The van der Waals surface area contributed by atoms with Gasteiger partial charge < -0.3 is 24.5 Å². The van der Waals surface area contributed by atoms with E-state index in [1.54, 1.807) is 9.80 Å². The summed E-state index contributed by atoms with van der Waals surface area (Å²) in [7, 11) is 0. The monoisotopic (exact) mass is 543 g/mol. The maximum Gasteiger partial charge on any atom is 0.249 e. The normalized spacial score (nSPS) is 32.6. The first kappa shape index (κ1) is 29.8. The Bertz CT molecular complexity index is 1030. The highest BCUT2D eigenvalue weighted by atomic mass is 16.5. The number of hydrogen-bond donors (Lipinski definition) is 1. The van der Waals surface area contributed by atoms with Crippen molar-refractivity contribution in [3.05, 3.63) is 24.3 Å². The Hall–Kier alpha value is -2.19. The van der Waals surface area contributed by atoms with Crippen molar-refractivity contribution in [1.29, 1.82) is 0 Å². The van der Waals surface area contributed by atoms with E-state index < -0.39 is 41.2 Å². The van der Waals surface area contributed by atoms with Crippen LogP contribution in [0.4, 0.5) is 0 Å². The number of amides is 3. The second-order valence-corrected chi connectivity index (χ2v) is 13.8. The Labute approximate surface area is 234 Å². The molecule has 8 nitrogen and oxygen atoms in total. The molecule has 0 aliphatic carbocycles. The molecule has 0 radical (unpaired) electrons. The molecule has 39 heavy (non-hydrogen) atoms. The molecule has 4 rings (SSSR count). The van der Waals surface area contributed by atoms with Gasteiger partial charge in [0, 0.05) is 25.2 Å². The summed E-state index contributed by atoms with van der Waals surface area (Å²) in [5.41, 5.74) is -1.78. The number of rotatable bonds is 8. The average molecular weight is 544 g/mol. The molecular formula is C31H49N3O5. The molecule has 0 aromatic carbocycles. The quantitative estimate of drug-likeness (QED) is 0.474. The van der Waals surface area contributed by atoms with Crippen LogP contribution in [0.25, 0.3) is 0 Å². The number of carbonyl (C=O) groups is 3. The van der Waals surface area contributed by atoms with Crippen molar-refractivity contribution in [3.63, 3.8) is 0 Å². The fourth-order valence-corrected chi connectivity index (χ4v) is 7.71. The highest BCUT2D eigenvalue weighted by Gasteiger charge is 2.73. The van der Waals surface area contributed by atoms with Crippen LogP contribution in [0.15, 0.2) is 24.3 Å². The van der Waals surface area contributed by atoms with E-state index in [2.05, 4.69) is 34.6 Å². The lowest BCUT2D eigenvalue weighted by Crippen LogP contribution is -2.62. The van der Waals surface area contributed by atoms with Gasteiger partial charge in [-0.05, 0) is 38.0 Å². The third kappa shape index (κ3) is 4.96. The lowest BCUT2D eigenvalue weighted by Gasteiger charge is -2.46. The largest absolute Gasteiger partial charge is 0.394 e. The molecule has 0 saturated carbocycles. The lowest BCUT2D eigenvalue weighted by molar-refractivity contribution is -0.156. The van der Waals surface area contributed by atoms with Crippen molar-refractivity contribution in [3.8, 4) is 0 Å². The number of nitrogens with zero attached hydrogens (tertiary/aromatic N) is 3. The van der Waals surface area contributed by atoms with E-state index in [9.17, 15) is 19.5 Å². The molecule has 0 bridgehead atoms. The number of fused-ring (bicyclic) bond motifs is 2. The van der Waals surface area contributed by atoms with E-state index >= 15 is 0 Å². The zero-order valence-corrected chi connectivity index (χ0v) is 25.1. The predicted octanol–water partition coefficient (Wildman–Crippen LogP) is 3.40. The van der Waals surface area contributed by atoms with Gasteiger partial charge in [-0.2, -0.15) is 0 Å². The van der Waals surface area contributed by atoms with Crippen LogP contribution in [0.1, 0.15) is 74.7 Å². The Morgan fingerprint density at radius 3 is 2.33 bits per heavy atom. The minimum Gasteiger partial charge on any atom is -0.394 e. The molecule has 7 atom stereocenters. The smallest absolute Gasteiger partial charge is 0.249 e. The summed E-state index contributed by atoms with van der Waals surface area (Å²) in [5.74, 6) is -2.11. The number of hydrogen-bond acceptors (Lipinski definition) is 5. The van der Waals surface area contributed by atoms with E-state index in [1.165, 1.54) is 0 Å². The highest BCUT2D eigenvalue weighted by molar-refractivity contribution is 6.00. The van der Waals surface area contributed by atoms with Gasteiger partial charge in [-0.3, -0.25) is 14.4 Å². The van der Waals surface area contributed by atoms with Crippen LogP contribution in [0.2, 0.25) is 0 Å². The number of likely N-dealkylation sites (tertiary alicyclic amines) is 1. The van der Waals surface area contributed by atoms with Gasteiger partial charge in [0.2, 0.25) is 17.7 Å². The second-order valence-electron chi connectivity index (χ2n) is 13.8. The molecule has 3 amide bonds. The SMILES string of the molecule is CCCN1CC=C[C@@H]2O[C@]34C=CCN(C(C)(C)CC(C)(C)C)C(=O)C3N([C@@H](CO)[C@@H](C)CC)C(=O)[C@@H]4[C@@H]2C1=O. The van der Waals surface area contributed by atoms with Crippen LogP contribution < -0.4 is 0 Å². The highest BCUT2D eigenvalue weighted by Crippen LogP contribution is 2.55. The first-order valence-corrected chi connectivity index (χ1v) is 14.8. The van der Waals surface area contributed by atoms with E-state index in [1.807, 2.05) is 50.0 Å². The predicted molar refractivity (Wildman–Crippen MR) is 151 cm³/mol. The molecule has 4 aliphatic heterocycles. The summed E-state index contributed by atoms with van der Waals surface area (Å²) in [4.78, 5) is 48.5. The zero-order chi connectivity index (χ0) is 28.9. The van der Waals surface area contributed by atoms with Crippen LogP contribution >= 0.6 is 0 Å². The lowest BCUT2D eigenvalue weighted by atomic mass is 9.77. The molecule has 1 N–H and O–H groups in total. The van der Waals surface area contributed by atoms with Crippen molar-refractivity contribution in [1.82, 2.24) is 14.7 Å². The molecule has 2 saturated heterocycles. The number of aliphatic hydroxyl groups excluding tert-OH is 1. The van der Waals surface area contributed by atoms with E-state index in [4.69, 9.17) is 4.74 Å². The molecule has 4 heterocycles. The molecule has 8 heteroatoms. The standard InChI is InChI=1S/C31H49N3O5/c1-9-15-32-16-11-13-22-23(26(32)36)24-27(37)34(21(18-35)20(3)10-2)25-28(38)33(17-12-14-31(24,25)39-22)30(7,8)19-29(4,5)6/h11-14,20-25,35H,9-10,15-19H2,1-8H3/t20-,21-,22-,23+,24-,25?,31-/m0/s1. The van der Waals surface area contributed by atoms with Crippen molar-refractivity contribution in [2.45, 2.75) is 104 Å². The van der Waals surface area contributed by atoms with Crippen molar-refractivity contribution in [2.24, 2.45) is 23.2 Å². The summed E-state index contributed by atoms with van der Waals surface area (Å²) < 4.78 is 6.77. The fraction of sp³-hybridized carbons (Fsp3) is 0.774. The summed E-state index contributed by atoms with van der Waals surface area (Å²) in [5, 5.41) is 10.6. The van der Waals surface area contributed by atoms with E-state index in [-0.39, 0.29) is 35.7 Å². The third-order valence-corrected chi connectivity index (χ3v) is 9.21. The number of ether oxygens (including phenoxy) is 1. The minimum atomic E-state index is -1.27. The molecule has 1 unspecified atom stereocenters. The van der Waals surface area contributed by atoms with Gasteiger partial charge in [-0.1, -0.05) is 72.3 Å². The molecular weight excluding hydrogens is 494 g/mol. The number of carbonyl (C=O) groups excluding carboxylic acids is 3. The topological polar surface area (TPSA) is 90.4 Å². The Morgan fingerprint density at radius 2 is 1.74 bits per heavy atom. The van der Waals surface area contributed by atoms with Gasteiger partial charge in [0.15, 0.2) is 0 Å². The first-order chi connectivity index (χ1) is 18.2. The molecule has 4 aliphatic rings. The maximum atomic E-state index is 14.7. The van der Waals surface area contributed by atoms with Crippen LogP contribution in [-0.2, 0) is 19.1 Å². The first-order valence-electron chi connectivity index (χ1n) is 14.8. The minimum absolute atomic E-state index is 0.0213. The van der Waals surface area contributed by atoms with Crippen LogP contribution in [-0.4, -0.2) is 93.1 Å². The summed E-state index contributed by atoms with van der Waals surface area (Å²) in [6.45, 7) is 17.9. The van der Waals surface area contributed by atoms with Crippen LogP contribution in [0, 0.1) is 23.2 Å². The van der Waals surface area contributed by atoms with E-state index in [0.29, 0.717) is 19.6 Å². The van der Waals surface area contributed by atoms with Crippen molar-refractivity contribution in [2.75, 3.05) is 26.2 Å². The molecule has 218 valence electrons. The van der Waals surface area contributed by atoms with Gasteiger partial charge in [-0.15, -0.1) is 0 Å². The van der Waals surface area contributed by atoms with Crippen LogP contribution in [0.3, 0.4) is 0 Å². The summed E-state index contributed by atoms with van der Waals surface area (Å²) >= 11 is 0. The van der Waals surface area contributed by atoms with Gasteiger partial charge in [0.25, 0.3) is 0 Å². The number of aliphatic hydroxyl groups is 1. The van der Waals surface area contributed by atoms with Gasteiger partial charge in [-0.25, -0.2) is 0 Å². The van der Waals surface area contributed by atoms with Gasteiger partial charge in [0.1, 0.15) is 11.6 Å². The van der Waals surface area contributed by atoms with Gasteiger partial charge >= 0.3 is 0 Å². The average Bonchev–Trinajstić information content (AvgIpc) is 3.15. The summed E-state index contributed by atoms with van der Waals surface area (Å²) in [6.07, 6.45) is 9.44.